The number of carboxylic acid groups (broad SMARTS) is 3. The first-order chi connectivity index (χ1) is 35.1. The molecular formula is C51H69N9O13. The van der Waals surface area contributed by atoms with E-state index in [9.17, 15) is 53.7 Å². The number of nitrogens with two attached hydrogens (primary N) is 1. The average molecular weight is 1020 g/mol. The van der Waals surface area contributed by atoms with Crippen LogP contribution in [-0.2, 0) is 44.8 Å². The fourth-order valence-electron chi connectivity index (χ4n) is 8.79. The van der Waals surface area contributed by atoms with Gasteiger partial charge in [-0.05, 0) is 66.3 Å². The molecule has 0 unspecified atom stereocenters. The zero-order valence-corrected chi connectivity index (χ0v) is 41.1. The molecule has 3 aromatic carbocycles. The van der Waals surface area contributed by atoms with Crippen molar-refractivity contribution in [2.45, 2.75) is 63.1 Å². The van der Waals surface area contributed by atoms with Crippen LogP contribution in [-0.4, -0.2) is 193 Å². The van der Waals surface area contributed by atoms with Crippen LogP contribution in [0.3, 0.4) is 0 Å². The monoisotopic (exact) mass is 1020 g/mol. The molecule has 1 aliphatic carbocycles. The van der Waals surface area contributed by atoms with E-state index in [1.165, 1.54) is 0 Å². The van der Waals surface area contributed by atoms with E-state index in [1.54, 1.807) is 19.6 Å². The van der Waals surface area contributed by atoms with Gasteiger partial charge in [0, 0.05) is 71.4 Å². The lowest BCUT2D eigenvalue weighted by molar-refractivity contribution is -0.140. The number of carbonyl (C=O) groups is 8. The summed E-state index contributed by atoms with van der Waals surface area (Å²) in [4.78, 5) is 107. The molecule has 1 fully saturated rings. The normalized spacial score (nSPS) is 15.7. The number of hydrogen-bond donors (Lipinski definition) is 8. The third-order valence-corrected chi connectivity index (χ3v) is 12.6. The fourth-order valence-corrected chi connectivity index (χ4v) is 8.79. The van der Waals surface area contributed by atoms with Gasteiger partial charge < -0.3 is 51.8 Å². The Morgan fingerprint density at radius 3 is 1.48 bits per heavy atom. The van der Waals surface area contributed by atoms with E-state index in [1.807, 2.05) is 78.9 Å². The Morgan fingerprint density at radius 2 is 0.986 bits per heavy atom. The largest absolute Gasteiger partial charge is 0.480 e. The Bertz CT molecular complexity index is 2250. The summed E-state index contributed by atoms with van der Waals surface area (Å²) in [6.45, 7) is 1.66. The lowest BCUT2D eigenvalue weighted by atomic mass is 9.98. The number of benzene rings is 3. The molecule has 73 heavy (non-hydrogen) atoms. The van der Waals surface area contributed by atoms with Crippen molar-refractivity contribution in [2.75, 3.05) is 98.2 Å². The highest BCUT2D eigenvalue weighted by molar-refractivity contribution is 5.90. The van der Waals surface area contributed by atoms with Crippen molar-refractivity contribution < 1.29 is 63.1 Å². The van der Waals surface area contributed by atoms with E-state index in [0.29, 0.717) is 25.7 Å². The highest BCUT2D eigenvalue weighted by Gasteiger charge is 2.31. The number of unbranched alkanes of at least 4 members (excludes halogenated alkanes) is 2. The van der Waals surface area contributed by atoms with Gasteiger partial charge in [0.2, 0.25) is 17.7 Å². The number of aliphatic carboxylic acids is 3. The zero-order valence-electron chi connectivity index (χ0n) is 41.1. The highest BCUT2D eigenvalue weighted by Crippen LogP contribution is 2.44. The van der Waals surface area contributed by atoms with E-state index in [4.69, 9.17) is 15.2 Å². The minimum absolute atomic E-state index is 0.00895. The molecule has 22 heteroatoms. The van der Waals surface area contributed by atoms with E-state index >= 15 is 0 Å². The van der Waals surface area contributed by atoms with Crippen LogP contribution in [0.4, 0.5) is 9.59 Å². The summed E-state index contributed by atoms with van der Waals surface area (Å²) in [6, 6.07) is 22.7. The van der Waals surface area contributed by atoms with Crippen molar-refractivity contribution in [3.8, 4) is 11.1 Å². The number of alkyl carbamates (subject to hydrolysis) is 2. The predicted octanol–water partition coefficient (Wildman–Crippen LogP) is 1.72. The first-order valence-electron chi connectivity index (χ1n) is 24.6. The Balaban J connectivity index is 1.12. The number of amides is 5. The summed E-state index contributed by atoms with van der Waals surface area (Å²) in [7, 11) is 0. The lowest BCUT2D eigenvalue weighted by Crippen LogP contribution is -2.53. The van der Waals surface area contributed by atoms with Crippen LogP contribution in [0.15, 0.2) is 78.9 Å². The first-order valence-corrected chi connectivity index (χ1v) is 24.6. The molecule has 0 spiro atoms. The second-order valence-corrected chi connectivity index (χ2v) is 18.1. The standard InChI is InChI=1S/C51H69N9O13/c52-48(68)42(18-8-10-20-53-44(61)30-57-22-24-58(31-45(62)63)26-28-60(33-47(66)67)29-27-59(25-23-57)32-46(64)65)55-49(69)43(19-9-11-21-54-50(70)72-34-36-12-2-1-3-13-36)56-51(71)73-35-41-39-16-6-4-14-37(39)38-15-5-7-17-40(38)41/h1-7,12-17,41-43H,8-11,18-35H2,(H2,52,68)(H,53,61)(H,54,70)(H,55,69)(H,56,71)(H,62,63)(H,64,65)(H,66,67)/t42-,43-/m0/s1. The molecule has 0 aromatic heterocycles. The topological polar surface area (TPSA) is 303 Å². The number of nitrogens with one attached hydrogen (secondary N) is 4. The van der Waals surface area contributed by atoms with Gasteiger partial charge in [0.15, 0.2) is 0 Å². The average Bonchev–Trinajstić information content (AvgIpc) is 3.67. The summed E-state index contributed by atoms with van der Waals surface area (Å²) in [5.41, 5.74) is 10.7. The molecule has 2 aliphatic rings. The number of nitrogens with zero attached hydrogens (tertiary/aromatic N) is 4. The van der Waals surface area contributed by atoms with Gasteiger partial charge in [0.1, 0.15) is 25.3 Å². The number of fused-ring (bicyclic) bond motifs is 3. The van der Waals surface area contributed by atoms with Crippen molar-refractivity contribution in [3.63, 3.8) is 0 Å². The van der Waals surface area contributed by atoms with Gasteiger partial charge in [-0.25, -0.2) is 9.59 Å². The summed E-state index contributed by atoms with van der Waals surface area (Å²) in [5.74, 6) is -5.19. The number of carboxylic acids is 3. The molecule has 0 bridgehead atoms. The van der Waals surface area contributed by atoms with Gasteiger partial charge in [-0.1, -0.05) is 78.9 Å². The van der Waals surface area contributed by atoms with Gasteiger partial charge in [0.25, 0.3) is 0 Å². The molecule has 1 heterocycles. The van der Waals surface area contributed by atoms with Crippen LogP contribution in [0.5, 0.6) is 0 Å². The van der Waals surface area contributed by atoms with Crippen molar-refractivity contribution >= 4 is 47.8 Å². The summed E-state index contributed by atoms with van der Waals surface area (Å²) in [5, 5.41) is 39.3. The quantitative estimate of drug-likeness (QED) is 0.0531. The molecule has 22 nitrogen and oxygen atoms in total. The zero-order chi connectivity index (χ0) is 52.5. The minimum atomic E-state index is -1.13. The molecule has 2 atom stereocenters. The Hall–Kier alpha value is -7.14. The fraction of sp³-hybridized carbons (Fsp3) is 0.490. The van der Waals surface area contributed by atoms with Crippen molar-refractivity contribution in [1.29, 1.82) is 0 Å². The highest BCUT2D eigenvalue weighted by atomic mass is 16.6. The van der Waals surface area contributed by atoms with Crippen LogP contribution in [0.1, 0.15) is 61.1 Å². The van der Waals surface area contributed by atoms with Crippen molar-refractivity contribution in [2.24, 2.45) is 5.73 Å². The molecule has 396 valence electrons. The third-order valence-electron chi connectivity index (χ3n) is 12.6. The summed E-state index contributed by atoms with van der Waals surface area (Å²) in [6.07, 6.45) is 0.401. The Kier molecular flexibility index (Phi) is 23.3. The van der Waals surface area contributed by atoms with E-state index in [2.05, 4.69) is 21.3 Å². The van der Waals surface area contributed by atoms with Gasteiger partial charge in [-0.2, -0.15) is 0 Å². The number of primary amides is 1. The van der Waals surface area contributed by atoms with Gasteiger partial charge in [-0.3, -0.25) is 48.4 Å². The Labute approximate surface area is 424 Å². The molecule has 9 N–H and O–H groups in total. The lowest BCUT2D eigenvalue weighted by Gasteiger charge is -2.32. The van der Waals surface area contributed by atoms with Crippen LogP contribution < -0.4 is 27.0 Å². The number of rotatable bonds is 26. The van der Waals surface area contributed by atoms with Crippen LogP contribution in [0, 0.1) is 0 Å². The number of carbonyl (C=O) groups excluding carboxylic acids is 5. The third kappa shape index (κ3) is 20.1. The smallest absolute Gasteiger partial charge is 0.407 e. The molecule has 0 saturated carbocycles. The van der Waals surface area contributed by atoms with Gasteiger partial charge in [0.05, 0.1) is 26.2 Å². The molecular weight excluding hydrogens is 947 g/mol. The number of ether oxygens (including phenoxy) is 2. The molecule has 1 aliphatic heterocycles. The molecule has 1 saturated heterocycles. The van der Waals surface area contributed by atoms with Gasteiger partial charge >= 0.3 is 30.1 Å². The first kappa shape index (κ1) is 56.8. The minimum Gasteiger partial charge on any atom is -0.480 e. The van der Waals surface area contributed by atoms with Crippen LogP contribution >= 0.6 is 0 Å². The van der Waals surface area contributed by atoms with Crippen LogP contribution in [0.25, 0.3) is 11.1 Å². The second kappa shape index (κ2) is 30.0. The maximum absolute atomic E-state index is 13.8. The SMILES string of the molecule is NC(=O)[C@H](CCCCNC(=O)CN1CCN(CC(=O)O)CCN(CC(=O)O)CCN(CC(=O)O)CC1)NC(=O)[C@H](CCCCNC(=O)OCc1ccccc1)NC(=O)OCC1c2ccccc2-c2ccccc21. The predicted molar refractivity (Wildman–Crippen MR) is 267 cm³/mol. The van der Waals surface area contributed by atoms with E-state index < -0.39 is 54.0 Å². The van der Waals surface area contributed by atoms with Crippen molar-refractivity contribution in [1.82, 2.24) is 40.9 Å². The maximum Gasteiger partial charge on any atom is 0.407 e. The Morgan fingerprint density at radius 1 is 0.534 bits per heavy atom. The van der Waals surface area contributed by atoms with Crippen molar-refractivity contribution in [3.05, 3.63) is 95.6 Å². The van der Waals surface area contributed by atoms with Gasteiger partial charge in [-0.15, -0.1) is 0 Å². The summed E-state index contributed by atoms with van der Waals surface area (Å²) >= 11 is 0. The maximum atomic E-state index is 13.8. The van der Waals surface area contributed by atoms with E-state index in [0.717, 1.165) is 27.8 Å². The van der Waals surface area contributed by atoms with E-state index in [-0.39, 0.29) is 130 Å². The second-order valence-electron chi connectivity index (χ2n) is 18.1. The number of hydrogen-bond acceptors (Lipinski definition) is 14. The molecule has 0 radical (unpaired) electrons. The molecule has 5 amide bonds. The van der Waals surface area contributed by atoms with Crippen LogP contribution in [0.2, 0.25) is 0 Å². The molecule has 3 aromatic rings. The molecule has 5 rings (SSSR count). The summed E-state index contributed by atoms with van der Waals surface area (Å²) < 4.78 is 11.0.